The molecule has 0 unspecified atom stereocenters. The van der Waals surface area contributed by atoms with Crippen molar-refractivity contribution in [1.29, 1.82) is 5.26 Å². The number of aryl methyl sites for hydroxylation is 1. The summed E-state index contributed by atoms with van der Waals surface area (Å²) >= 11 is 0. The Morgan fingerprint density at radius 1 is 1.00 bits per heavy atom. The SMILES string of the molecule is CCc1ccc(Oc2ccc(C#N)c(C(F)(F)F)c2)cc1C1C(=O)C(C)(C)OC(C)(C)C1=O. The second-order valence-corrected chi connectivity index (χ2v) is 8.92. The predicted octanol–water partition coefficient (Wildman–Crippen LogP) is 5.74. The molecule has 1 aliphatic heterocycles. The van der Waals surface area contributed by atoms with Crippen LogP contribution in [0.4, 0.5) is 13.2 Å². The first-order chi connectivity index (χ1) is 15.2. The van der Waals surface area contributed by atoms with E-state index in [4.69, 9.17) is 14.7 Å². The van der Waals surface area contributed by atoms with Gasteiger partial charge in [0.25, 0.3) is 0 Å². The molecule has 0 bridgehead atoms. The van der Waals surface area contributed by atoms with E-state index in [0.717, 1.165) is 17.7 Å². The lowest BCUT2D eigenvalue weighted by atomic mass is 9.73. The van der Waals surface area contributed by atoms with Crippen LogP contribution < -0.4 is 4.74 Å². The number of Topliss-reactive ketones (excluding diaryl/α,β-unsaturated/α-hetero) is 2. The number of ketones is 2. The van der Waals surface area contributed by atoms with Crippen LogP contribution in [0.5, 0.6) is 11.5 Å². The fourth-order valence-electron chi connectivity index (χ4n) is 4.12. The molecule has 0 spiro atoms. The highest BCUT2D eigenvalue weighted by Gasteiger charge is 2.53. The monoisotopic (exact) mass is 459 g/mol. The lowest BCUT2D eigenvalue weighted by Crippen LogP contribution is -2.58. The van der Waals surface area contributed by atoms with E-state index in [9.17, 15) is 22.8 Å². The number of alkyl halides is 3. The zero-order chi connectivity index (χ0) is 24.8. The van der Waals surface area contributed by atoms with Crippen molar-refractivity contribution < 1.29 is 32.2 Å². The normalized spacial score (nSPS) is 18.2. The number of halogens is 3. The Morgan fingerprint density at radius 2 is 1.55 bits per heavy atom. The quantitative estimate of drug-likeness (QED) is 0.545. The molecular weight excluding hydrogens is 435 g/mol. The van der Waals surface area contributed by atoms with Gasteiger partial charge in [0, 0.05) is 0 Å². The van der Waals surface area contributed by atoms with Gasteiger partial charge in [-0.1, -0.05) is 13.0 Å². The van der Waals surface area contributed by atoms with Gasteiger partial charge in [-0.2, -0.15) is 18.4 Å². The fraction of sp³-hybridized carbons (Fsp3) is 0.400. The Balaban J connectivity index is 2.06. The molecule has 1 aliphatic rings. The number of carbonyl (C=O) groups excluding carboxylic acids is 2. The fourth-order valence-corrected chi connectivity index (χ4v) is 4.12. The molecule has 33 heavy (non-hydrogen) atoms. The molecule has 0 aromatic heterocycles. The van der Waals surface area contributed by atoms with Crippen molar-refractivity contribution in [3.63, 3.8) is 0 Å². The Labute approximate surface area is 190 Å². The first-order valence-electron chi connectivity index (χ1n) is 10.4. The minimum atomic E-state index is -4.72. The summed E-state index contributed by atoms with van der Waals surface area (Å²) < 4.78 is 51.3. The standard InChI is InChI=1S/C25H24F3NO4/c1-6-14-7-9-16(32-17-10-8-15(13-29)19(12-17)25(26,27)28)11-18(14)20-21(30)23(2,3)33-24(4,5)22(20)31/h7-12,20H,6H2,1-5H3. The lowest BCUT2D eigenvalue weighted by Gasteiger charge is -2.43. The predicted molar refractivity (Wildman–Crippen MR) is 114 cm³/mol. The maximum absolute atomic E-state index is 13.3. The van der Waals surface area contributed by atoms with E-state index >= 15 is 0 Å². The van der Waals surface area contributed by atoms with E-state index in [-0.39, 0.29) is 11.5 Å². The molecule has 0 atom stereocenters. The third kappa shape index (κ3) is 4.64. The van der Waals surface area contributed by atoms with E-state index in [2.05, 4.69) is 0 Å². The maximum Gasteiger partial charge on any atom is 0.417 e. The Morgan fingerprint density at radius 3 is 2.06 bits per heavy atom. The topological polar surface area (TPSA) is 76.4 Å². The zero-order valence-electron chi connectivity index (χ0n) is 19.0. The molecule has 1 saturated heterocycles. The molecule has 1 heterocycles. The second kappa shape index (κ2) is 8.31. The minimum Gasteiger partial charge on any atom is -0.457 e. The summed E-state index contributed by atoms with van der Waals surface area (Å²) in [5, 5.41) is 8.97. The molecule has 0 amide bonds. The molecule has 0 N–H and O–H groups in total. The molecule has 8 heteroatoms. The Kier molecular flexibility index (Phi) is 6.16. The first-order valence-corrected chi connectivity index (χ1v) is 10.4. The molecule has 0 radical (unpaired) electrons. The molecule has 0 saturated carbocycles. The smallest absolute Gasteiger partial charge is 0.417 e. The van der Waals surface area contributed by atoms with Crippen LogP contribution in [0.25, 0.3) is 0 Å². The number of hydrogen-bond donors (Lipinski definition) is 0. The van der Waals surface area contributed by atoms with Gasteiger partial charge in [-0.25, -0.2) is 0 Å². The molecule has 3 rings (SSSR count). The Hall–Kier alpha value is -3.18. The number of carbonyl (C=O) groups is 2. The van der Waals surface area contributed by atoms with Gasteiger partial charge < -0.3 is 9.47 Å². The number of nitrogens with zero attached hydrogens (tertiary/aromatic N) is 1. The van der Waals surface area contributed by atoms with Crippen LogP contribution in [0, 0.1) is 11.3 Å². The van der Waals surface area contributed by atoms with Crippen molar-refractivity contribution in [2.45, 2.75) is 64.3 Å². The van der Waals surface area contributed by atoms with Gasteiger partial charge in [0.15, 0.2) is 11.6 Å². The minimum absolute atomic E-state index is 0.123. The van der Waals surface area contributed by atoms with Crippen LogP contribution in [0.1, 0.15) is 62.8 Å². The van der Waals surface area contributed by atoms with Crippen molar-refractivity contribution in [3.05, 3.63) is 58.7 Å². The Bertz CT molecular complexity index is 1130. The van der Waals surface area contributed by atoms with E-state index < -0.39 is 46.0 Å². The lowest BCUT2D eigenvalue weighted by molar-refractivity contribution is -0.184. The highest BCUT2D eigenvalue weighted by Crippen LogP contribution is 2.41. The molecular formula is C25H24F3NO4. The van der Waals surface area contributed by atoms with Gasteiger partial charge >= 0.3 is 6.18 Å². The number of benzene rings is 2. The number of ether oxygens (including phenoxy) is 2. The summed E-state index contributed by atoms with van der Waals surface area (Å²) in [6.07, 6.45) is -4.19. The third-order valence-corrected chi connectivity index (χ3v) is 5.68. The summed E-state index contributed by atoms with van der Waals surface area (Å²) in [7, 11) is 0. The average molecular weight is 459 g/mol. The van der Waals surface area contributed by atoms with Crippen molar-refractivity contribution in [3.8, 4) is 17.6 Å². The third-order valence-electron chi connectivity index (χ3n) is 5.68. The van der Waals surface area contributed by atoms with E-state index in [1.165, 1.54) is 18.2 Å². The molecule has 2 aromatic carbocycles. The zero-order valence-corrected chi connectivity index (χ0v) is 19.0. The summed E-state index contributed by atoms with van der Waals surface area (Å²) in [4.78, 5) is 26.3. The molecule has 5 nitrogen and oxygen atoms in total. The molecule has 174 valence electrons. The highest BCUT2D eigenvalue weighted by molar-refractivity contribution is 6.15. The van der Waals surface area contributed by atoms with Crippen molar-refractivity contribution in [2.75, 3.05) is 0 Å². The van der Waals surface area contributed by atoms with Gasteiger partial charge in [-0.3, -0.25) is 9.59 Å². The summed E-state index contributed by atoms with van der Waals surface area (Å²) in [5.74, 6) is -1.83. The van der Waals surface area contributed by atoms with Crippen molar-refractivity contribution in [2.24, 2.45) is 0 Å². The molecule has 1 fully saturated rings. The molecule has 0 aliphatic carbocycles. The highest BCUT2D eigenvalue weighted by atomic mass is 19.4. The number of hydrogen-bond acceptors (Lipinski definition) is 5. The average Bonchev–Trinajstić information content (AvgIpc) is 2.72. The van der Waals surface area contributed by atoms with Crippen molar-refractivity contribution >= 4 is 11.6 Å². The van der Waals surface area contributed by atoms with Crippen molar-refractivity contribution in [1.82, 2.24) is 0 Å². The number of nitriles is 1. The largest absolute Gasteiger partial charge is 0.457 e. The summed E-state index contributed by atoms with van der Waals surface area (Å²) in [6, 6.07) is 9.35. The van der Waals surface area contributed by atoms with E-state index in [0.29, 0.717) is 12.0 Å². The van der Waals surface area contributed by atoms with E-state index in [1.807, 2.05) is 6.92 Å². The summed E-state index contributed by atoms with van der Waals surface area (Å²) in [5.41, 5.74) is -2.82. The van der Waals surface area contributed by atoms with Crippen LogP contribution in [0.2, 0.25) is 0 Å². The van der Waals surface area contributed by atoms with Gasteiger partial charge in [0.1, 0.15) is 28.6 Å². The van der Waals surface area contributed by atoms with Crippen LogP contribution >= 0.6 is 0 Å². The second-order valence-electron chi connectivity index (χ2n) is 8.92. The maximum atomic E-state index is 13.3. The van der Waals surface area contributed by atoms with Crippen LogP contribution in [-0.2, 0) is 26.9 Å². The first kappa shape index (κ1) is 24.5. The van der Waals surface area contributed by atoms with Crippen LogP contribution in [-0.4, -0.2) is 22.8 Å². The molecule has 2 aromatic rings. The van der Waals surface area contributed by atoms with Gasteiger partial charge in [-0.05, 0) is 75.6 Å². The number of rotatable bonds is 4. The van der Waals surface area contributed by atoms with Gasteiger partial charge in [-0.15, -0.1) is 0 Å². The van der Waals surface area contributed by atoms with Crippen LogP contribution in [0.15, 0.2) is 36.4 Å². The van der Waals surface area contributed by atoms with Gasteiger partial charge in [0.2, 0.25) is 0 Å². The summed E-state index contributed by atoms with van der Waals surface area (Å²) in [6.45, 7) is 8.31. The van der Waals surface area contributed by atoms with Crippen LogP contribution in [0.3, 0.4) is 0 Å². The van der Waals surface area contributed by atoms with E-state index in [1.54, 1.807) is 39.8 Å². The van der Waals surface area contributed by atoms with Gasteiger partial charge in [0.05, 0.1) is 17.2 Å².